The van der Waals surface area contributed by atoms with E-state index in [0.29, 0.717) is 36.1 Å². The number of hydrogen-bond acceptors (Lipinski definition) is 8. The highest BCUT2D eigenvalue weighted by Crippen LogP contribution is 2.39. The fourth-order valence-corrected chi connectivity index (χ4v) is 8.13. The van der Waals surface area contributed by atoms with E-state index in [4.69, 9.17) is 9.47 Å². The number of carbonyl (C=O) groups excluding carboxylic acids is 1. The van der Waals surface area contributed by atoms with Crippen molar-refractivity contribution < 1.29 is 27.8 Å². The van der Waals surface area contributed by atoms with Gasteiger partial charge in [-0.05, 0) is 85.9 Å². The van der Waals surface area contributed by atoms with E-state index in [0.717, 1.165) is 47.3 Å². The molecule has 0 radical (unpaired) electrons. The number of nitrogens with zero attached hydrogens (tertiary/aromatic N) is 2. The van der Waals surface area contributed by atoms with Crippen LogP contribution in [0, 0.1) is 25.7 Å². The van der Waals surface area contributed by atoms with Crippen LogP contribution in [0.4, 0.5) is 0 Å². The van der Waals surface area contributed by atoms with Crippen molar-refractivity contribution in [2.75, 3.05) is 14.2 Å². The molecule has 1 aliphatic rings. The van der Waals surface area contributed by atoms with E-state index in [1.807, 2.05) is 42.1 Å². The van der Waals surface area contributed by atoms with Gasteiger partial charge >= 0.3 is 0 Å². The lowest BCUT2D eigenvalue weighted by Gasteiger charge is -2.27. The zero-order valence-electron chi connectivity index (χ0n) is 25.4. The van der Waals surface area contributed by atoms with Crippen LogP contribution in [0.2, 0.25) is 0 Å². The molecule has 2 heterocycles. The molecule has 234 valence electrons. The maximum atomic E-state index is 12.5. The third-order valence-electron chi connectivity index (χ3n) is 8.31. The fourth-order valence-electron chi connectivity index (χ4n) is 6.08. The second-order valence-electron chi connectivity index (χ2n) is 11.5. The summed E-state index contributed by atoms with van der Waals surface area (Å²) in [5.74, 6) is 1.05. The summed E-state index contributed by atoms with van der Waals surface area (Å²) in [5, 5.41) is 13.4. The van der Waals surface area contributed by atoms with Gasteiger partial charge in [0.25, 0.3) is 10.0 Å². The van der Waals surface area contributed by atoms with Gasteiger partial charge in [0.2, 0.25) is 10.2 Å². The summed E-state index contributed by atoms with van der Waals surface area (Å²) in [6.07, 6.45) is 6.32. The summed E-state index contributed by atoms with van der Waals surface area (Å²) >= 11 is 0.983. The number of aliphatic hydroxyl groups is 1. The van der Waals surface area contributed by atoms with Gasteiger partial charge in [0.1, 0.15) is 11.5 Å². The van der Waals surface area contributed by atoms with E-state index in [1.165, 1.54) is 11.1 Å². The Morgan fingerprint density at radius 3 is 2.36 bits per heavy atom. The molecule has 2 aromatic heterocycles. The van der Waals surface area contributed by atoms with E-state index in [-0.39, 0.29) is 16.7 Å². The number of carbonyl (C=O) groups is 1. The van der Waals surface area contributed by atoms with Gasteiger partial charge in [-0.1, -0.05) is 24.3 Å². The van der Waals surface area contributed by atoms with Crippen molar-refractivity contribution in [2.45, 2.75) is 62.9 Å². The molecule has 9 nitrogen and oxygen atoms in total. The van der Waals surface area contributed by atoms with Crippen LogP contribution in [0.15, 0.2) is 64.6 Å². The number of aromatic nitrogens is 2. The van der Waals surface area contributed by atoms with E-state index in [1.54, 1.807) is 26.5 Å². The van der Waals surface area contributed by atoms with Crippen molar-refractivity contribution in [3.05, 3.63) is 93.7 Å². The molecule has 0 saturated carbocycles. The van der Waals surface area contributed by atoms with Crippen molar-refractivity contribution in [1.82, 2.24) is 14.3 Å². The standard InChI is InChI=1S/C33H39N3O6S2/c1-21-20-43-33(34-21)44(39,40)35-31(37)10-9-23-11-12-36(18-23)19-28(15-24-13-25-7-5-6-8-26(25)14-24)32(38)27-16-29(41-3)22(2)30(17-27)42-4/h5-8,11-12,16-18,20,24,28,32,38H,9-10,13-15,19H2,1-4H3,(H,35,37)/t28-,32-/m1/s1. The van der Waals surface area contributed by atoms with Crippen molar-refractivity contribution in [3.63, 3.8) is 0 Å². The van der Waals surface area contributed by atoms with Gasteiger partial charge in [-0.25, -0.2) is 9.71 Å². The Bertz CT molecular complexity index is 1680. The van der Waals surface area contributed by atoms with Crippen molar-refractivity contribution >= 4 is 27.3 Å². The van der Waals surface area contributed by atoms with Gasteiger partial charge in [0.15, 0.2) is 0 Å². The summed E-state index contributed by atoms with van der Waals surface area (Å²) < 4.78 is 40.1. The molecule has 0 aliphatic heterocycles. The molecular formula is C33H39N3O6S2. The summed E-state index contributed by atoms with van der Waals surface area (Å²) in [6.45, 7) is 4.20. The maximum absolute atomic E-state index is 12.5. The number of rotatable bonds is 13. The number of hydrogen-bond donors (Lipinski definition) is 2. The minimum absolute atomic E-state index is 0.0168. The number of fused-ring (bicyclic) bond motifs is 1. The van der Waals surface area contributed by atoms with Crippen LogP contribution in [0.3, 0.4) is 0 Å². The molecule has 0 spiro atoms. The van der Waals surface area contributed by atoms with Crippen LogP contribution in [-0.2, 0) is 40.6 Å². The number of methoxy groups -OCH3 is 2. The zero-order chi connectivity index (χ0) is 31.4. The van der Waals surface area contributed by atoms with Gasteiger partial charge in [-0.15, -0.1) is 11.3 Å². The van der Waals surface area contributed by atoms with Gasteiger partial charge in [0.05, 0.1) is 20.3 Å². The molecule has 44 heavy (non-hydrogen) atoms. The Balaban J connectivity index is 1.29. The van der Waals surface area contributed by atoms with E-state index >= 15 is 0 Å². The highest BCUT2D eigenvalue weighted by Gasteiger charge is 2.30. The highest BCUT2D eigenvalue weighted by atomic mass is 32.2. The number of amides is 1. The molecule has 1 amide bonds. The average Bonchev–Trinajstić information content (AvgIpc) is 3.75. The molecule has 2 atom stereocenters. The number of ether oxygens (including phenoxy) is 2. The predicted octanol–water partition coefficient (Wildman–Crippen LogP) is 5.17. The second kappa shape index (κ2) is 13.5. The van der Waals surface area contributed by atoms with Crippen molar-refractivity contribution in [2.24, 2.45) is 11.8 Å². The van der Waals surface area contributed by atoms with Crippen LogP contribution >= 0.6 is 11.3 Å². The van der Waals surface area contributed by atoms with E-state index < -0.39 is 22.0 Å². The van der Waals surface area contributed by atoms with Gasteiger partial charge in [-0.2, -0.15) is 8.42 Å². The van der Waals surface area contributed by atoms with Crippen molar-refractivity contribution in [1.29, 1.82) is 0 Å². The number of aryl methyl sites for hydroxylation is 2. The summed E-state index contributed by atoms with van der Waals surface area (Å²) in [6, 6.07) is 14.2. The number of aliphatic hydroxyl groups excluding tert-OH is 1. The Labute approximate surface area is 262 Å². The normalized spacial score (nSPS) is 14.7. The lowest BCUT2D eigenvalue weighted by Crippen LogP contribution is -2.30. The molecule has 2 N–H and O–H groups in total. The molecular weight excluding hydrogens is 599 g/mol. The minimum Gasteiger partial charge on any atom is -0.496 e. The molecule has 11 heteroatoms. The number of benzene rings is 2. The maximum Gasteiger partial charge on any atom is 0.291 e. The largest absolute Gasteiger partial charge is 0.496 e. The van der Waals surface area contributed by atoms with Crippen LogP contribution < -0.4 is 14.2 Å². The topological polar surface area (TPSA) is 120 Å². The monoisotopic (exact) mass is 637 g/mol. The fraction of sp³-hybridized carbons (Fsp3) is 0.394. The molecule has 0 unspecified atom stereocenters. The Morgan fingerprint density at radius 1 is 1.11 bits per heavy atom. The first-order valence-corrected chi connectivity index (χ1v) is 17.0. The van der Waals surface area contributed by atoms with Crippen LogP contribution in [-0.4, -0.2) is 43.2 Å². The molecule has 0 fully saturated rings. The van der Waals surface area contributed by atoms with Gasteiger partial charge in [0, 0.05) is 47.9 Å². The van der Waals surface area contributed by atoms with Gasteiger partial charge in [-0.3, -0.25) is 4.79 Å². The van der Waals surface area contributed by atoms with Crippen LogP contribution in [0.25, 0.3) is 0 Å². The molecule has 0 bridgehead atoms. The van der Waals surface area contributed by atoms with Gasteiger partial charge < -0.3 is 19.1 Å². The molecule has 5 rings (SSSR count). The van der Waals surface area contributed by atoms with E-state index in [2.05, 4.69) is 34.0 Å². The number of nitrogens with one attached hydrogen (secondary N) is 1. The van der Waals surface area contributed by atoms with Crippen molar-refractivity contribution in [3.8, 4) is 11.5 Å². The lowest BCUT2D eigenvalue weighted by molar-refractivity contribution is -0.119. The second-order valence-corrected chi connectivity index (χ2v) is 14.2. The molecule has 4 aromatic rings. The average molecular weight is 638 g/mol. The third kappa shape index (κ3) is 7.34. The summed E-state index contributed by atoms with van der Waals surface area (Å²) in [4.78, 5) is 16.5. The van der Waals surface area contributed by atoms with E-state index in [9.17, 15) is 18.3 Å². The number of sulfonamides is 1. The summed E-state index contributed by atoms with van der Waals surface area (Å²) in [5.41, 5.74) is 5.86. The quantitative estimate of drug-likeness (QED) is 0.208. The first-order chi connectivity index (χ1) is 21.1. The first-order valence-electron chi connectivity index (χ1n) is 14.7. The zero-order valence-corrected chi connectivity index (χ0v) is 27.1. The Morgan fingerprint density at radius 2 is 1.77 bits per heavy atom. The minimum atomic E-state index is -3.98. The van der Waals surface area contributed by atoms with Crippen LogP contribution in [0.1, 0.15) is 52.5 Å². The first kappa shape index (κ1) is 31.7. The lowest BCUT2D eigenvalue weighted by atomic mass is 9.85. The third-order valence-corrected chi connectivity index (χ3v) is 11.1. The highest BCUT2D eigenvalue weighted by molar-refractivity contribution is 7.92. The predicted molar refractivity (Wildman–Crippen MR) is 170 cm³/mol. The molecule has 1 aliphatic carbocycles. The Kier molecular flexibility index (Phi) is 9.77. The smallest absolute Gasteiger partial charge is 0.291 e. The Hall–Kier alpha value is -3.67. The molecule has 0 saturated heterocycles. The SMILES string of the molecule is COc1cc([C@@H](O)[C@H](CC2Cc3ccccc3C2)Cn2ccc(CCC(=O)NS(=O)(=O)c3nc(C)cs3)c2)cc(OC)c1C. The molecule has 2 aromatic carbocycles. The van der Waals surface area contributed by atoms with Crippen LogP contribution in [0.5, 0.6) is 11.5 Å². The number of thiazole rings is 1. The summed E-state index contributed by atoms with van der Waals surface area (Å²) in [7, 11) is -0.750.